The van der Waals surface area contributed by atoms with Crippen LogP contribution in [0.1, 0.15) is 18.4 Å². The number of hydrogen-bond donors (Lipinski definition) is 1. The second-order valence-corrected chi connectivity index (χ2v) is 6.10. The van der Waals surface area contributed by atoms with Crippen molar-refractivity contribution in [3.05, 3.63) is 47.2 Å². The lowest BCUT2D eigenvalue weighted by atomic mass is 9.73. The molecule has 3 rings (SSSR count). The molecule has 1 N–H and O–H groups in total. The molecule has 2 aromatic rings. The lowest BCUT2D eigenvalue weighted by Gasteiger charge is -2.38. The molecular weight excluding hydrogens is 314 g/mol. The second-order valence-electron chi connectivity index (χ2n) is 5.66. The normalized spacial score (nSPS) is 16.8. The first kappa shape index (κ1) is 16.0. The van der Waals surface area contributed by atoms with Gasteiger partial charge in [0.25, 0.3) is 0 Å². The summed E-state index contributed by atoms with van der Waals surface area (Å²) in [5.74, 6) is 1.48. The lowest BCUT2D eigenvalue weighted by Crippen LogP contribution is -2.40. The number of aromatic nitrogens is 2. The van der Waals surface area contributed by atoms with Crippen molar-refractivity contribution in [1.29, 1.82) is 0 Å². The molecule has 2 heterocycles. The Bertz CT molecular complexity index is 646. The summed E-state index contributed by atoms with van der Waals surface area (Å²) < 4.78 is 11.1. The summed E-state index contributed by atoms with van der Waals surface area (Å²) in [4.78, 5) is 8.47. The van der Waals surface area contributed by atoms with Crippen LogP contribution in [0.15, 0.2) is 36.7 Å². The van der Waals surface area contributed by atoms with Crippen molar-refractivity contribution in [3.63, 3.8) is 0 Å². The highest BCUT2D eigenvalue weighted by Crippen LogP contribution is 2.41. The minimum Gasteiger partial charge on any atom is -0.496 e. The van der Waals surface area contributed by atoms with Crippen LogP contribution in [0.5, 0.6) is 5.75 Å². The summed E-state index contributed by atoms with van der Waals surface area (Å²) in [6, 6.07) is 7.58. The second kappa shape index (κ2) is 7.15. The van der Waals surface area contributed by atoms with E-state index in [9.17, 15) is 0 Å². The number of ether oxygens (including phenoxy) is 2. The van der Waals surface area contributed by atoms with Crippen LogP contribution >= 0.6 is 11.6 Å². The predicted molar refractivity (Wildman–Crippen MR) is 90.3 cm³/mol. The van der Waals surface area contributed by atoms with Gasteiger partial charge in [0.05, 0.1) is 7.11 Å². The summed E-state index contributed by atoms with van der Waals surface area (Å²) in [6.45, 7) is 2.14. The summed E-state index contributed by atoms with van der Waals surface area (Å²) in [7, 11) is 1.69. The van der Waals surface area contributed by atoms with Crippen LogP contribution in [-0.4, -0.2) is 36.8 Å². The highest BCUT2D eigenvalue weighted by atomic mass is 35.5. The highest BCUT2D eigenvalue weighted by Gasteiger charge is 2.37. The number of rotatable bonds is 5. The van der Waals surface area contributed by atoms with Gasteiger partial charge in [0.15, 0.2) is 0 Å². The molecule has 1 aliphatic heterocycles. The van der Waals surface area contributed by atoms with Gasteiger partial charge in [0.1, 0.15) is 5.75 Å². The number of nitrogens with zero attached hydrogens (tertiary/aromatic N) is 2. The maximum absolute atomic E-state index is 6.24. The summed E-state index contributed by atoms with van der Waals surface area (Å²) in [5.41, 5.74) is 0.993. The van der Waals surface area contributed by atoms with Gasteiger partial charge < -0.3 is 14.8 Å². The molecule has 0 unspecified atom stereocenters. The van der Waals surface area contributed by atoms with E-state index < -0.39 is 0 Å². The maximum Gasteiger partial charge on any atom is 0.222 e. The Balaban J connectivity index is 1.92. The molecule has 0 bridgehead atoms. The summed E-state index contributed by atoms with van der Waals surface area (Å²) in [5, 5.41) is 4.06. The predicted octanol–water partition coefficient (Wildman–Crippen LogP) is 3.30. The van der Waals surface area contributed by atoms with Gasteiger partial charge in [-0.25, -0.2) is 9.97 Å². The van der Waals surface area contributed by atoms with E-state index in [1.54, 1.807) is 25.6 Å². The average Bonchev–Trinajstić information content (AvgIpc) is 2.62. The molecule has 1 fully saturated rings. The molecule has 0 atom stereocenters. The zero-order valence-electron chi connectivity index (χ0n) is 13.1. The first-order chi connectivity index (χ1) is 11.2. The van der Waals surface area contributed by atoms with Crippen LogP contribution in [0.25, 0.3) is 0 Å². The Hall–Kier alpha value is -1.85. The van der Waals surface area contributed by atoms with Crippen molar-refractivity contribution in [3.8, 4) is 5.75 Å². The monoisotopic (exact) mass is 333 g/mol. The smallest absolute Gasteiger partial charge is 0.222 e. The number of benzene rings is 1. The summed E-state index contributed by atoms with van der Waals surface area (Å²) >= 11 is 6.24. The Kier molecular flexibility index (Phi) is 4.98. The van der Waals surface area contributed by atoms with Crippen molar-refractivity contribution in [2.45, 2.75) is 18.3 Å². The third-order valence-corrected chi connectivity index (χ3v) is 4.57. The Labute approximate surface area is 141 Å². The highest BCUT2D eigenvalue weighted by molar-refractivity contribution is 6.30. The molecule has 23 heavy (non-hydrogen) atoms. The molecule has 1 aliphatic rings. The van der Waals surface area contributed by atoms with Gasteiger partial charge in [-0.15, -0.1) is 0 Å². The molecule has 0 spiro atoms. The van der Waals surface area contributed by atoms with E-state index in [0.29, 0.717) is 30.7 Å². The van der Waals surface area contributed by atoms with Gasteiger partial charge in [-0.1, -0.05) is 11.6 Å². The molecule has 5 nitrogen and oxygen atoms in total. The Morgan fingerprint density at radius 3 is 2.70 bits per heavy atom. The fraction of sp³-hybridized carbons (Fsp3) is 0.412. The van der Waals surface area contributed by atoms with E-state index >= 15 is 0 Å². The molecule has 122 valence electrons. The van der Waals surface area contributed by atoms with Crippen molar-refractivity contribution >= 4 is 17.5 Å². The first-order valence-corrected chi connectivity index (χ1v) is 8.04. The number of nitrogens with one attached hydrogen (secondary N) is 1. The van der Waals surface area contributed by atoms with Crippen LogP contribution in [0.4, 0.5) is 5.95 Å². The maximum atomic E-state index is 6.24. The van der Waals surface area contributed by atoms with E-state index in [2.05, 4.69) is 15.3 Å². The zero-order chi connectivity index (χ0) is 16.1. The van der Waals surface area contributed by atoms with Crippen LogP contribution in [-0.2, 0) is 10.2 Å². The van der Waals surface area contributed by atoms with Crippen molar-refractivity contribution in [2.24, 2.45) is 0 Å². The Morgan fingerprint density at radius 2 is 2.00 bits per heavy atom. The molecule has 1 aromatic heterocycles. The van der Waals surface area contributed by atoms with Crippen LogP contribution in [0.3, 0.4) is 0 Å². The number of methoxy groups -OCH3 is 1. The van der Waals surface area contributed by atoms with Gasteiger partial charge in [-0.3, -0.25) is 0 Å². The fourth-order valence-corrected chi connectivity index (χ4v) is 3.21. The lowest BCUT2D eigenvalue weighted by molar-refractivity contribution is 0.0535. The molecule has 0 aliphatic carbocycles. The third-order valence-electron chi connectivity index (χ3n) is 4.33. The van der Waals surface area contributed by atoms with Crippen LogP contribution in [0, 0.1) is 0 Å². The van der Waals surface area contributed by atoms with E-state index in [0.717, 1.165) is 24.2 Å². The van der Waals surface area contributed by atoms with E-state index in [-0.39, 0.29) is 5.41 Å². The van der Waals surface area contributed by atoms with Crippen LogP contribution < -0.4 is 10.1 Å². The quantitative estimate of drug-likeness (QED) is 0.909. The van der Waals surface area contributed by atoms with Gasteiger partial charge in [-0.2, -0.15) is 0 Å². The first-order valence-electron chi connectivity index (χ1n) is 7.66. The minimum atomic E-state index is -0.117. The third kappa shape index (κ3) is 3.57. The molecule has 0 radical (unpaired) electrons. The topological polar surface area (TPSA) is 56.3 Å². The molecule has 6 heteroatoms. The van der Waals surface area contributed by atoms with Crippen LogP contribution in [0.2, 0.25) is 5.02 Å². The standard InChI is InChI=1S/C17H20ClN3O2/c1-22-15-4-3-13(18)11-14(15)17(5-9-23-10-6-17)12-21-16-19-7-2-8-20-16/h2-4,7-8,11H,5-6,9-10,12H2,1H3,(H,19,20,21). The van der Waals surface area contributed by atoms with E-state index in [1.165, 1.54) is 0 Å². The van der Waals surface area contributed by atoms with Gasteiger partial charge in [0, 0.05) is 48.2 Å². The number of hydrogen-bond acceptors (Lipinski definition) is 5. The molecule has 1 aromatic carbocycles. The summed E-state index contributed by atoms with van der Waals surface area (Å²) in [6.07, 6.45) is 5.24. The Morgan fingerprint density at radius 1 is 1.26 bits per heavy atom. The van der Waals surface area contributed by atoms with Gasteiger partial charge in [0.2, 0.25) is 5.95 Å². The largest absolute Gasteiger partial charge is 0.496 e. The molecular formula is C17H20ClN3O2. The molecule has 0 amide bonds. The fourth-order valence-electron chi connectivity index (χ4n) is 3.04. The van der Waals surface area contributed by atoms with Crippen molar-refractivity contribution < 1.29 is 9.47 Å². The number of halogens is 1. The average molecular weight is 334 g/mol. The van der Waals surface area contributed by atoms with Gasteiger partial charge in [-0.05, 0) is 37.1 Å². The van der Waals surface area contributed by atoms with Gasteiger partial charge >= 0.3 is 0 Å². The van der Waals surface area contributed by atoms with E-state index in [1.807, 2.05) is 18.2 Å². The molecule has 0 saturated carbocycles. The SMILES string of the molecule is COc1ccc(Cl)cc1C1(CNc2ncccn2)CCOCC1. The van der Waals surface area contributed by atoms with Crippen molar-refractivity contribution in [1.82, 2.24) is 9.97 Å². The van der Waals surface area contributed by atoms with Crippen molar-refractivity contribution in [2.75, 3.05) is 32.2 Å². The number of anilines is 1. The molecule has 1 saturated heterocycles. The minimum absolute atomic E-state index is 0.117. The van der Waals surface area contributed by atoms with E-state index in [4.69, 9.17) is 21.1 Å². The zero-order valence-corrected chi connectivity index (χ0v) is 13.8.